The molecule has 0 heterocycles. The van der Waals surface area contributed by atoms with E-state index in [0.717, 1.165) is 17.1 Å². The summed E-state index contributed by atoms with van der Waals surface area (Å²) in [5, 5.41) is 2.78. The van der Waals surface area contributed by atoms with Crippen molar-refractivity contribution in [2.45, 2.75) is 12.8 Å². The highest BCUT2D eigenvalue weighted by Crippen LogP contribution is 2.17. The Morgan fingerprint density at radius 1 is 1.04 bits per heavy atom. The molecule has 2 aromatic carbocycles. The van der Waals surface area contributed by atoms with E-state index < -0.39 is 0 Å². The minimum atomic E-state index is -0.0179. The molecule has 0 bridgehead atoms. The zero-order valence-corrected chi connectivity index (χ0v) is 13.7. The second-order valence-corrected chi connectivity index (χ2v) is 5.07. The van der Waals surface area contributed by atoms with Gasteiger partial charge in [0.2, 0.25) is 5.91 Å². The van der Waals surface area contributed by atoms with Crippen LogP contribution in [0.15, 0.2) is 54.6 Å². The Hall–Kier alpha value is -2.93. The summed E-state index contributed by atoms with van der Waals surface area (Å²) in [5.41, 5.74) is 0.944. The zero-order chi connectivity index (χ0) is 17.0. The number of nitrogens with one attached hydrogen (secondary N) is 1. The van der Waals surface area contributed by atoms with Crippen LogP contribution in [0.3, 0.4) is 0 Å². The summed E-state index contributed by atoms with van der Waals surface area (Å²) in [5.74, 6) is 7.47. The Morgan fingerprint density at radius 3 is 2.46 bits per heavy atom. The van der Waals surface area contributed by atoms with Gasteiger partial charge in [0.25, 0.3) is 0 Å². The van der Waals surface area contributed by atoms with E-state index in [1.807, 2.05) is 54.6 Å². The van der Waals surface area contributed by atoms with Crippen LogP contribution in [0.25, 0.3) is 0 Å². The van der Waals surface area contributed by atoms with Crippen molar-refractivity contribution in [3.63, 3.8) is 0 Å². The Morgan fingerprint density at radius 2 is 1.75 bits per heavy atom. The molecule has 1 amide bonds. The van der Waals surface area contributed by atoms with Crippen molar-refractivity contribution in [1.29, 1.82) is 0 Å². The molecule has 0 fully saturated rings. The first-order chi connectivity index (χ1) is 11.8. The predicted octanol–water partition coefficient (Wildman–Crippen LogP) is 3.02. The fraction of sp³-hybridized carbons (Fsp3) is 0.250. The lowest BCUT2D eigenvalue weighted by Crippen LogP contribution is -2.23. The molecule has 0 aliphatic rings. The number of carbonyl (C=O) groups excluding carboxylic acids is 1. The maximum atomic E-state index is 11.7. The van der Waals surface area contributed by atoms with Gasteiger partial charge in [-0.05, 0) is 42.8 Å². The molecule has 2 rings (SSSR count). The summed E-state index contributed by atoms with van der Waals surface area (Å²) in [6.45, 7) is 0.850. The molecule has 0 spiro atoms. The maximum absolute atomic E-state index is 11.7. The largest absolute Gasteiger partial charge is 0.497 e. The highest BCUT2D eigenvalue weighted by Gasteiger charge is 2.00. The third-order valence-electron chi connectivity index (χ3n) is 3.26. The minimum Gasteiger partial charge on any atom is -0.497 e. The third-order valence-corrected chi connectivity index (χ3v) is 3.26. The number of benzene rings is 2. The average molecular weight is 323 g/mol. The number of methoxy groups -OCH3 is 1. The van der Waals surface area contributed by atoms with Crippen LogP contribution in [0.5, 0.6) is 11.5 Å². The van der Waals surface area contributed by atoms with Gasteiger partial charge in [-0.2, -0.15) is 0 Å². The van der Waals surface area contributed by atoms with E-state index in [9.17, 15) is 4.79 Å². The molecule has 2 aromatic rings. The van der Waals surface area contributed by atoms with Crippen molar-refractivity contribution in [3.8, 4) is 23.3 Å². The van der Waals surface area contributed by atoms with Crippen LogP contribution >= 0.6 is 0 Å². The maximum Gasteiger partial charge on any atom is 0.220 e. The SMILES string of the molecule is COc1ccc(OCCCC(=O)NCC#Cc2ccccc2)cc1. The number of carbonyl (C=O) groups is 1. The van der Waals surface area contributed by atoms with E-state index in [4.69, 9.17) is 9.47 Å². The molecule has 1 N–H and O–H groups in total. The van der Waals surface area contributed by atoms with Crippen molar-refractivity contribution >= 4 is 5.91 Å². The van der Waals surface area contributed by atoms with Crippen LogP contribution < -0.4 is 14.8 Å². The van der Waals surface area contributed by atoms with Gasteiger partial charge in [0, 0.05) is 12.0 Å². The Labute approximate surface area is 142 Å². The first kappa shape index (κ1) is 17.4. The highest BCUT2D eigenvalue weighted by atomic mass is 16.5. The summed E-state index contributed by atoms with van der Waals surface area (Å²) in [7, 11) is 1.62. The van der Waals surface area contributed by atoms with Crippen LogP contribution in [0.1, 0.15) is 18.4 Å². The third kappa shape index (κ3) is 6.45. The highest BCUT2D eigenvalue weighted by molar-refractivity contribution is 5.76. The van der Waals surface area contributed by atoms with Crippen LogP contribution in [-0.2, 0) is 4.79 Å². The molecular formula is C20H21NO3. The summed E-state index contributed by atoms with van der Waals surface area (Å²) in [4.78, 5) is 11.7. The summed E-state index contributed by atoms with van der Waals surface area (Å²) in [6, 6.07) is 17.1. The van der Waals surface area contributed by atoms with E-state index >= 15 is 0 Å². The lowest BCUT2D eigenvalue weighted by atomic mass is 10.2. The van der Waals surface area contributed by atoms with Crippen molar-refractivity contribution in [2.75, 3.05) is 20.3 Å². The molecule has 124 valence electrons. The van der Waals surface area contributed by atoms with Crippen LogP contribution in [0.2, 0.25) is 0 Å². The van der Waals surface area contributed by atoms with Gasteiger partial charge in [-0.25, -0.2) is 0 Å². The molecular weight excluding hydrogens is 302 g/mol. The second kappa shape index (κ2) is 9.96. The molecule has 0 aromatic heterocycles. The fourth-order valence-electron chi connectivity index (χ4n) is 1.99. The standard InChI is InChI=1S/C20H21NO3/c1-23-18-11-13-19(14-12-18)24-16-6-10-20(22)21-15-5-9-17-7-3-2-4-8-17/h2-4,7-8,11-14H,6,10,15-16H2,1H3,(H,21,22). The predicted molar refractivity (Wildman–Crippen MR) is 94.1 cm³/mol. The van der Waals surface area contributed by atoms with Gasteiger partial charge in [0.1, 0.15) is 11.5 Å². The second-order valence-electron chi connectivity index (χ2n) is 5.07. The molecule has 0 aliphatic carbocycles. The lowest BCUT2D eigenvalue weighted by molar-refractivity contribution is -0.121. The number of hydrogen-bond acceptors (Lipinski definition) is 3. The van der Waals surface area contributed by atoms with Crippen LogP contribution in [0.4, 0.5) is 0 Å². The lowest BCUT2D eigenvalue weighted by Gasteiger charge is -2.07. The van der Waals surface area contributed by atoms with Crippen molar-refractivity contribution in [1.82, 2.24) is 5.32 Å². The number of rotatable bonds is 7. The van der Waals surface area contributed by atoms with Gasteiger partial charge >= 0.3 is 0 Å². The molecule has 0 unspecified atom stereocenters. The van der Waals surface area contributed by atoms with E-state index in [-0.39, 0.29) is 5.91 Å². The quantitative estimate of drug-likeness (QED) is 0.629. The van der Waals surface area contributed by atoms with Crippen molar-refractivity contribution in [2.24, 2.45) is 0 Å². The molecule has 0 saturated heterocycles. The van der Waals surface area contributed by atoms with Crippen LogP contribution in [0, 0.1) is 11.8 Å². The topological polar surface area (TPSA) is 47.6 Å². The van der Waals surface area contributed by atoms with Gasteiger partial charge in [-0.15, -0.1) is 0 Å². The minimum absolute atomic E-state index is 0.0179. The van der Waals surface area contributed by atoms with Crippen LogP contribution in [-0.4, -0.2) is 26.2 Å². The Bertz CT molecular complexity index is 684. The van der Waals surface area contributed by atoms with Crippen molar-refractivity contribution < 1.29 is 14.3 Å². The van der Waals surface area contributed by atoms with E-state index in [1.165, 1.54) is 0 Å². The van der Waals surface area contributed by atoms with Gasteiger partial charge < -0.3 is 14.8 Å². The first-order valence-electron chi connectivity index (χ1n) is 7.85. The van der Waals surface area contributed by atoms with Gasteiger partial charge in [0.05, 0.1) is 20.3 Å². The molecule has 0 atom stereocenters. The van der Waals surface area contributed by atoms with E-state index in [0.29, 0.717) is 26.0 Å². The molecule has 0 saturated carbocycles. The molecule has 24 heavy (non-hydrogen) atoms. The molecule has 0 radical (unpaired) electrons. The zero-order valence-electron chi connectivity index (χ0n) is 13.7. The number of amides is 1. The molecule has 4 heteroatoms. The summed E-state index contributed by atoms with van der Waals surface area (Å²) in [6.07, 6.45) is 1.08. The fourth-order valence-corrected chi connectivity index (χ4v) is 1.99. The van der Waals surface area contributed by atoms with Gasteiger partial charge in [-0.1, -0.05) is 30.0 Å². The normalized spacial score (nSPS) is 9.54. The smallest absolute Gasteiger partial charge is 0.220 e. The summed E-state index contributed by atoms with van der Waals surface area (Å²) < 4.78 is 10.7. The van der Waals surface area contributed by atoms with Gasteiger partial charge in [-0.3, -0.25) is 4.79 Å². The number of ether oxygens (including phenoxy) is 2. The average Bonchev–Trinajstić information content (AvgIpc) is 2.64. The van der Waals surface area contributed by atoms with E-state index in [2.05, 4.69) is 17.2 Å². The Balaban J connectivity index is 1.59. The number of hydrogen-bond donors (Lipinski definition) is 1. The van der Waals surface area contributed by atoms with Gasteiger partial charge in [0.15, 0.2) is 0 Å². The van der Waals surface area contributed by atoms with E-state index in [1.54, 1.807) is 7.11 Å². The van der Waals surface area contributed by atoms with Crippen molar-refractivity contribution in [3.05, 3.63) is 60.2 Å². The molecule has 0 aliphatic heterocycles. The monoisotopic (exact) mass is 323 g/mol. The Kier molecular flexibility index (Phi) is 7.23. The first-order valence-corrected chi connectivity index (χ1v) is 7.85. The summed E-state index contributed by atoms with van der Waals surface area (Å²) >= 11 is 0. The molecule has 4 nitrogen and oxygen atoms in total.